The molecule has 1 aliphatic carbocycles. The van der Waals surface area contributed by atoms with Crippen LogP contribution in [0.2, 0.25) is 0 Å². The van der Waals surface area contributed by atoms with Crippen molar-refractivity contribution in [2.75, 3.05) is 0 Å². The van der Waals surface area contributed by atoms with E-state index in [1.165, 1.54) is 33.0 Å². The molecule has 3 aromatic heterocycles. The first kappa shape index (κ1) is 38.8. The van der Waals surface area contributed by atoms with Crippen molar-refractivity contribution in [3.05, 3.63) is 218 Å². The molecule has 0 saturated carbocycles. The van der Waals surface area contributed by atoms with E-state index in [1.807, 2.05) is 13.0 Å². The zero-order valence-corrected chi connectivity index (χ0v) is 36.0. The Morgan fingerprint density at radius 1 is 0.406 bits per heavy atom. The zero-order chi connectivity index (χ0) is 43.4. The van der Waals surface area contributed by atoms with Gasteiger partial charge in [0.2, 0.25) is 0 Å². The molecule has 304 valence electrons. The van der Waals surface area contributed by atoms with Gasteiger partial charge < -0.3 is 0 Å². The molecule has 8 aromatic carbocycles. The minimum Gasteiger partial charge on any atom is -0.245 e. The summed E-state index contributed by atoms with van der Waals surface area (Å²) in [7, 11) is 0. The Labute approximate surface area is 373 Å². The monoisotopic (exact) mass is 820 g/mol. The molecule has 0 aliphatic heterocycles. The third-order valence-corrected chi connectivity index (χ3v) is 12.6. The highest BCUT2D eigenvalue weighted by atomic mass is 14.9. The van der Waals surface area contributed by atoms with Crippen molar-refractivity contribution < 1.29 is 0 Å². The average Bonchev–Trinajstić information content (AvgIpc) is 3.58. The maximum atomic E-state index is 5.33. The molecule has 3 heterocycles. The second kappa shape index (κ2) is 15.7. The van der Waals surface area contributed by atoms with E-state index in [0.29, 0.717) is 5.82 Å². The summed E-state index contributed by atoms with van der Waals surface area (Å²) in [6.45, 7) is 9.89. The normalized spacial score (nSPS) is 12.5. The fourth-order valence-electron chi connectivity index (χ4n) is 9.39. The van der Waals surface area contributed by atoms with E-state index >= 15 is 0 Å². The Morgan fingerprint density at radius 3 is 1.73 bits per heavy atom. The van der Waals surface area contributed by atoms with Crippen LogP contribution in [0.15, 0.2) is 207 Å². The highest BCUT2D eigenvalue weighted by Gasteiger charge is 2.35. The Morgan fingerprint density at radius 2 is 0.969 bits per heavy atom. The van der Waals surface area contributed by atoms with E-state index in [1.54, 1.807) is 6.08 Å². The number of pyridine rings is 2. The molecule has 0 fully saturated rings. The van der Waals surface area contributed by atoms with Crippen LogP contribution in [0.3, 0.4) is 0 Å². The molecule has 0 N–H and O–H groups in total. The molecule has 0 saturated heterocycles. The Balaban J connectivity index is 0.00000148. The molecule has 0 radical (unpaired) electrons. The molecule has 1 aliphatic rings. The maximum absolute atomic E-state index is 5.33. The van der Waals surface area contributed by atoms with Gasteiger partial charge in [0.15, 0.2) is 5.82 Å². The van der Waals surface area contributed by atoms with Crippen molar-refractivity contribution in [2.45, 2.75) is 26.2 Å². The Bertz CT molecular complexity index is 3620. The third kappa shape index (κ3) is 6.72. The van der Waals surface area contributed by atoms with Crippen molar-refractivity contribution in [1.82, 2.24) is 19.9 Å². The molecule has 11 aromatic rings. The summed E-state index contributed by atoms with van der Waals surface area (Å²) in [5.41, 5.74) is 17.1. The number of hydrogen-bond donors (Lipinski definition) is 0. The summed E-state index contributed by atoms with van der Waals surface area (Å²) in [4.78, 5) is 21.0. The molecule has 0 unspecified atom stereocenters. The van der Waals surface area contributed by atoms with Gasteiger partial charge in [-0.2, -0.15) is 0 Å². The van der Waals surface area contributed by atoms with E-state index < -0.39 is 0 Å². The number of aromatic nitrogens is 4. The minimum absolute atomic E-state index is 0.0801. The predicted octanol–water partition coefficient (Wildman–Crippen LogP) is 15.7. The van der Waals surface area contributed by atoms with Gasteiger partial charge in [0.1, 0.15) is 0 Å². The van der Waals surface area contributed by atoms with Crippen molar-refractivity contribution >= 4 is 43.5 Å². The van der Waals surface area contributed by atoms with Crippen molar-refractivity contribution in [1.29, 1.82) is 0 Å². The van der Waals surface area contributed by atoms with E-state index in [-0.39, 0.29) is 5.41 Å². The van der Waals surface area contributed by atoms with Crippen LogP contribution in [-0.2, 0) is 5.41 Å². The van der Waals surface area contributed by atoms with Gasteiger partial charge in [0, 0.05) is 43.8 Å². The molecule has 0 amide bonds. The summed E-state index contributed by atoms with van der Waals surface area (Å²) >= 11 is 0. The van der Waals surface area contributed by atoms with Crippen molar-refractivity contribution in [3.8, 4) is 67.4 Å². The van der Waals surface area contributed by atoms with Gasteiger partial charge in [-0.3, -0.25) is 0 Å². The van der Waals surface area contributed by atoms with E-state index in [2.05, 4.69) is 208 Å². The van der Waals surface area contributed by atoms with Crippen LogP contribution < -0.4 is 0 Å². The first-order valence-corrected chi connectivity index (χ1v) is 21.9. The van der Waals surface area contributed by atoms with Gasteiger partial charge >= 0.3 is 0 Å². The molecular weight excluding hydrogens is 777 g/mol. The first-order chi connectivity index (χ1) is 31.4. The van der Waals surface area contributed by atoms with Crippen LogP contribution in [0.5, 0.6) is 0 Å². The molecule has 0 atom stereocenters. The average molecular weight is 821 g/mol. The molecule has 4 nitrogen and oxygen atoms in total. The van der Waals surface area contributed by atoms with Gasteiger partial charge in [-0.1, -0.05) is 172 Å². The zero-order valence-electron chi connectivity index (χ0n) is 36.0. The topological polar surface area (TPSA) is 51.6 Å². The number of nitrogens with zero attached hydrogens (tertiary/aromatic N) is 4. The smallest absolute Gasteiger partial charge is 0.160 e. The second-order valence-corrected chi connectivity index (χ2v) is 17.1. The highest BCUT2D eigenvalue weighted by Crippen LogP contribution is 2.49. The first-order valence-electron chi connectivity index (χ1n) is 21.9. The van der Waals surface area contributed by atoms with Gasteiger partial charge in [-0.15, -0.1) is 6.58 Å². The van der Waals surface area contributed by atoms with Gasteiger partial charge in [0.05, 0.1) is 33.6 Å². The number of benzene rings is 8. The van der Waals surface area contributed by atoms with Crippen LogP contribution in [0.1, 0.15) is 31.9 Å². The fourth-order valence-corrected chi connectivity index (χ4v) is 9.39. The molecule has 64 heavy (non-hydrogen) atoms. The van der Waals surface area contributed by atoms with Crippen LogP contribution >= 0.6 is 0 Å². The summed E-state index contributed by atoms with van der Waals surface area (Å²) in [6.07, 6.45) is 1.75. The number of hydrogen-bond acceptors (Lipinski definition) is 4. The maximum Gasteiger partial charge on any atom is 0.160 e. The van der Waals surface area contributed by atoms with Crippen molar-refractivity contribution in [3.63, 3.8) is 0 Å². The van der Waals surface area contributed by atoms with E-state index in [0.717, 1.165) is 83.2 Å². The number of rotatable bonds is 5. The number of fused-ring (bicyclic) bond motifs is 8. The summed E-state index contributed by atoms with van der Waals surface area (Å²) < 4.78 is 0. The lowest BCUT2D eigenvalue weighted by atomic mass is 9.82. The molecule has 0 bridgehead atoms. The van der Waals surface area contributed by atoms with Gasteiger partial charge in [-0.25, -0.2) is 19.9 Å². The predicted molar refractivity (Wildman–Crippen MR) is 268 cm³/mol. The largest absolute Gasteiger partial charge is 0.245 e. The summed E-state index contributed by atoms with van der Waals surface area (Å²) in [5, 5.41) is 5.50. The van der Waals surface area contributed by atoms with Crippen LogP contribution in [0, 0.1) is 0 Å². The van der Waals surface area contributed by atoms with Crippen LogP contribution in [0.4, 0.5) is 0 Å². The molecule has 12 rings (SSSR count). The Kier molecular flexibility index (Phi) is 9.51. The lowest BCUT2D eigenvalue weighted by molar-refractivity contribution is 0.660. The molecule has 4 heteroatoms. The van der Waals surface area contributed by atoms with Gasteiger partial charge in [0.25, 0.3) is 0 Å². The SMILES string of the molecule is C=CC.CC1(C)c2ccccc2-c2ccc(-c3ccc4ccc5ccc(-c6cccc(-c7ccc8nc(-c9ccc%10ccccc%10c9)nc(-c9ccccc9)c8c7)c6)nc5c4n3)cc21. The fraction of sp³-hybridized carbons (Fsp3) is 0.0667. The number of allylic oxidation sites excluding steroid dienone is 1. The Hall–Kier alpha value is -8.08. The summed E-state index contributed by atoms with van der Waals surface area (Å²) in [6, 6.07) is 68.9. The summed E-state index contributed by atoms with van der Waals surface area (Å²) in [5.74, 6) is 0.713. The van der Waals surface area contributed by atoms with Gasteiger partial charge in [-0.05, 0) is 93.5 Å². The lowest BCUT2D eigenvalue weighted by Crippen LogP contribution is -2.14. The second-order valence-electron chi connectivity index (χ2n) is 17.1. The van der Waals surface area contributed by atoms with E-state index in [4.69, 9.17) is 19.9 Å². The lowest BCUT2D eigenvalue weighted by Gasteiger charge is -2.21. The highest BCUT2D eigenvalue weighted by molar-refractivity contribution is 6.04. The van der Waals surface area contributed by atoms with Crippen LogP contribution in [-0.4, -0.2) is 19.9 Å². The standard InChI is InChI=1S/C57H38N4.C3H6/c1-57(2)48-18-9-8-17-45(48)46-27-23-43(34-49(46)57)51-29-25-38-21-20-37-24-28-50(58-54(37)55(38)59-51)42-16-10-15-40(31-42)41-26-30-52-47(33-41)53(36-12-4-3-5-13-36)61-56(60-52)44-22-19-35-11-6-7-14-39(35)32-44;1-3-2/h3-34H,1-2H3;3H,1H2,2H3. The third-order valence-electron chi connectivity index (χ3n) is 12.6. The quantitative estimate of drug-likeness (QED) is 0.128. The molecule has 0 spiro atoms. The van der Waals surface area contributed by atoms with Crippen molar-refractivity contribution in [2.24, 2.45) is 0 Å². The molecular formula is C60H44N4. The minimum atomic E-state index is -0.0801. The van der Waals surface area contributed by atoms with Crippen LogP contribution in [0.25, 0.3) is 111 Å². The van der Waals surface area contributed by atoms with E-state index in [9.17, 15) is 0 Å².